The highest BCUT2D eigenvalue weighted by atomic mass is 16.4. The average molecular weight is 523 g/mol. The topological polar surface area (TPSA) is 200 Å². The smallest absolute Gasteiger partial charge is 0.326 e. The quantitative estimate of drug-likeness (QED) is 0.158. The van der Waals surface area contributed by atoms with Gasteiger partial charge in [0.25, 0.3) is 0 Å². The van der Waals surface area contributed by atoms with Crippen LogP contribution in [-0.4, -0.2) is 68.5 Å². The zero-order valence-electron chi connectivity index (χ0n) is 20.5. The molecule has 3 atom stereocenters. The number of hydrogen-bond donors (Lipinski definition) is 7. The van der Waals surface area contributed by atoms with Gasteiger partial charge in [-0.15, -0.1) is 0 Å². The summed E-state index contributed by atoms with van der Waals surface area (Å²) in [5.41, 5.74) is 7.30. The third-order valence-corrected chi connectivity index (χ3v) is 5.72. The van der Waals surface area contributed by atoms with Crippen molar-refractivity contribution >= 4 is 23.7 Å². The summed E-state index contributed by atoms with van der Waals surface area (Å²) in [6.07, 6.45) is 3.04. The van der Waals surface area contributed by atoms with Gasteiger partial charge in [0.1, 0.15) is 23.9 Å². The minimum Gasteiger partial charge on any atom is -0.508 e. The molecule has 8 N–H and O–H groups in total. The van der Waals surface area contributed by atoms with Crippen LogP contribution in [0.3, 0.4) is 0 Å². The van der Waals surface area contributed by atoms with Gasteiger partial charge in [0.2, 0.25) is 17.7 Å². The van der Waals surface area contributed by atoms with Crippen molar-refractivity contribution < 1.29 is 29.4 Å². The molecule has 0 saturated carbocycles. The standard InChI is InChI=1S/C26H30N6O6/c27-13-23(34)30-21(12-18-14-28-15-29-18)25(36)31-20(10-16-4-2-1-3-5-16)24(35)32-22(26(37)38)11-17-6-8-19(33)9-7-17/h1-9,14-15,20-22,33H,10-13,27H2,(H,28,29)(H,30,34)(H,31,36)(H,32,35)(H,37,38). The summed E-state index contributed by atoms with van der Waals surface area (Å²) in [6.45, 7) is -0.335. The summed E-state index contributed by atoms with van der Waals surface area (Å²) in [4.78, 5) is 57.2. The van der Waals surface area contributed by atoms with Gasteiger partial charge >= 0.3 is 5.97 Å². The number of carbonyl (C=O) groups is 4. The van der Waals surface area contributed by atoms with Crippen molar-refractivity contribution in [3.8, 4) is 5.75 Å². The molecule has 3 aromatic rings. The van der Waals surface area contributed by atoms with E-state index in [0.29, 0.717) is 11.3 Å². The minimum atomic E-state index is -1.29. The molecule has 1 aromatic heterocycles. The maximum atomic E-state index is 13.3. The molecule has 3 unspecified atom stereocenters. The van der Waals surface area contributed by atoms with Crippen molar-refractivity contribution in [3.63, 3.8) is 0 Å². The molecule has 0 bridgehead atoms. The Kier molecular flexibility index (Phi) is 9.94. The first kappa shape index (κ1) is 27.9. The fourth-order valence-corrected chi connectivity index (χ4v) is 3.75. The van der Waals surface area contributed by atoms with Crippen molar-refractivity contribution in [3.05, 3.63) is 83.9 Å². The van der Waals surface area contributed by atoms with Crippen molar-refractivity contribution in [2.75, 3.05) is 6.54 Å². The highest BCUT2D eigenvalue weighted by Gasteiger charge is 2.30. The summed E-state index contributed by atoms with van der Waals surface area (Å²) in [7, 11) is 0. The number of amides is 3. The fourth-order valence-electron chi connectivity index (χ4n) is 3.75. The number of nitrogens with zero attached hydrogens (tertiary/aromatic N) is 1. The fraction of sp³-hybridized carbons (Fsp3) is 0.269. The summed E-state index contributed by atoms with van der Waals surface area (Å²) >= 11 is 0. The number of carbonyl (C=O) groups excluding carboxylic acids is 3. The molecule has 1 heterocycles. The van der Waals surface area contributed by atoms with Crippen molar-refractivity contribution in [1.82, 2.24) is 25.9 Å². The van der Waals surface area contributed by atoms with Gasteiger partial charge < -0.3 is 36.9 Å². The van der Waals surface area contributed by atoms with E-state index >= 15 is 0 Å². The lowest BCUT2D eigenvalue weighted by Gasteiger charge is -2.24. The first-order valence-electron chi connectivity index (χ1n) is 11.9. The average Bonchev–Trinajstić information content (AvgIpc) is 3.42. The Morgan fingerprint density at radius 2 is 1.39 bits per heavy atom. The van der Waals surface area contributed by atoms with E-state index in [0.717, 1.165) is 5.56 Å². The van der Waals surface area contributed by atoms with Crippen LogP contribution in [-0.2, 0) is 38.4 Å². The summed E-state index contributed by atoms with van der Waals surface area (Å²) in [5.74, 6) is -3.15. The van der Waals surface area contributed by atoms with E-state index in [9.17, 15) is 29.4 Å². The monoisotopic (exact) mass is 522 g/mol. The molecular weight excluding hydrogens is 492 g/mol. The number of rotatable bonds is 13. The molecule has 0 spiro atoms. The Balaban J connectivity index is 1.79. The predicted octanol–water partition coefficient (Wildman–Crippen LogP) is -0.359. The van der Waals surface area contributed by atoms with Gasteiger partial charge in [-0.2, -0.15) is 0 Å². The molecule has 0 saturated heterocycles. The van der Waals surface area contributed by atoms with E-state index in [2.05, 4.69) is 25.9 Å². The van der Waals surface area contributed by atoms with E-state index in [4.69, 9.17) is 5.73 Å². The second-order valence-corrected chi connectivity index (χ2v) is 8.63. The number of aromatic hydroxyl groups is 1. The molecule has 38 heavy (non-hydrogen) atoms. The number of nitrogens with two attached hydrogens (primary N) is 1. The van der Waals surface area contributed by atoms with Gasteiger partial charge in [0.15, 0.2) is 0 Å². The zero-order chi connectivity index (χ0) is 27.5. The van der Waals surface area contributed by atoms with Gasteiger partial charge in [-0.1, -0.05) is 42.5 Å². The minimum absolute atomic E-state index is 0.0294. The number of hydrogen-bond acceptors (Lipinski definition) is 7. The number of aromatic amines is 1. The van der Waals surface area contributed by atoms with Crippen LogP contribution in [0.4, 0.5) is 0 Å². The molecule has 0 aliphatic carbocycles. The van der Waals surface area contributed by atoms with E-state index in [1.807, 2.05) is 0 Å². The Morgan fingerprint density at radius 1 is 0.816 bits per heavy atom. The SMILES string of the molecule is NCC(=O)NC(Cc1cnc[nH]1)C(=O)NC(Cc1ccccc1)C(=O)NC(Cc1ccc(O)cc1)C(=O)O. The van der Waals surface area contributed by atoms with Gasteiger partial charge in [0, 0.05) is 31.2 Å². The lowest BCUT2D eigenvalue weighted by molar-refractivity contribution is -0.142. The number of H-pyrrole nitrogens is 1. The Labute approximate surface area is 218 Å². The molecule has 2 aromatic carbocycles. The van der Waals surface area contributed by atoms with Crippen LogP contribution in [0, 0.1) is 0 Å². The molecule has 0 aliphatic heterocycles. The number of benzene rings is 2. The van der Waals surface area contributed by atoms with Crippen LogP contribution in [0.5, 0.6) is 5.75 Å². The van der Waals surface area contributed by atoms with Gasteiger partial charge in [-0.3, -0.25) is 14.4 Å². The summed E-state index contributed by atoms with van der Waals surface area (Å²) < 4.78 is 0. The van der Waals surface area contributed by atoms with Crippen LogP contribution in [0.2, 0.25) is 0 Å². The van der Waals surface area contributed by atoms with E-state index in [-0.39, 0.29) is 31.6 Å². The number of aromatic nitrogens is 2. The van der Waals surface area contributed by atoms with Crippen LogP contribution >= 0.6 is 0 Å². The number of aliphatic carboxylic acids is 1. The highest BCUT2D eigenvalue weighted by Crippen LogP contribution is 2.12. The van der Waals surface area contributed by atoms with Crippen molar-refractivity contribution in [2.45, 2.75) is 37.4 Å². The molecule has 12 nitrogen and oxygen atoms in total. The molecule has 0 fully saturated rings. The van der Waals surface area contributed by atoms with Gasteiger partial charge in [-0.25, -0.2) is 9.78 Å². The first-order chi connectivity index (χ1) is 18.2. The number of phenols is 1. The van der Waals surface area contributed by atoms with Crippen LogP contribution in [0.1, 0.15) is 16.8 Å². The first-order valence-corrected chi connectivity index (χ1v) is 11.9. The number of carboxylic acids is 1. The Hall–Kier alpha value is -4.71. The van der Waals surface area contributed by atoms with Crippen molar-refractivity contribution in [1.29, 1.82) is 0 Å². The van der Waals surface area contributed by atoms with Crippen molar-refractivity contribution in [2.24, 2.45) is 5.73 Å². The molecule has 12 heteroatoms. The number of carboxylic acid groups (broad SMARTS) is 1. The Morgan fingerprint density at radius 3 is 1.97 bits per heavy atom. The number of phenolic OH excluding ortho intramolecular Hbond substituents is 1. The third kappa shape index (κ3) is 8.45. The molecule has 3 rings (SSSR count). The second-order valence-electron chi connectivity index (χ2n) is 8.63. The maximum absolute atomic E-state index is 13.3. The summed E-state index contributed by atoms with van der Waals surface area (Å²) in [5, 5.41) is 26.9. The molecular formula is C26H30N6O6. The lowest BCUT2D eigenvalue weighted by Crippen LogP contribution is -2.57. The molecule has 200 valence electrons. The largest absolute Gasteiger partial charge is 0.508 e. The lowest BCUT2D eigenvalue weighted by atomic mass is 10.0. The molecule has 3 amide bonds. The number of imidazole rings is 1. The molecule has 0 radical (unpaired) electrons. The Bertz CT molecular complexity index is 1220. The summed E-state index contributed by atoms with van der Waals surface area (Å²) in [6, 6.07) is 11.4. The van der Waals surface area contributed by atoms with Gasteiger partial charge in [-0.05, 0) is 23.3 Å². The highest BCUT2D eigenvalue weighted by molar-refractivity contribution is 5.94. The maximum Gasteiger partial charge on any atom is 0.326 e. The van der Waals surface area contributed by atoms with E-state index in [1.54, 1.807) is 42.5 Å². The number of nitrogens with one attached hydrogen (secondary N) is 4. The van der Waals surface area contributed by atoms with E-state index in [1.165, 1.54) is 24.7 Å². The normalized spacial score (nSPS) is 13.1. The van der Waals surface area contributed by atoms with Crippen LogP contribution < -0.4 is 21.7 Å². The van der Waals surface area contributed by atoms with Gasteiger partial charge in [0.05, 0.1) is 12.9 Å². The zero-order valence-corrected chi connectivity index (χ0v) is 20.5. The molecule has 0 aliphatic rings. The predicted molar refractivity (Wildman–Crippen MR) is 137 cm³/mol. The third-order valence-electron chi connectivity index (χ3n) is 5.72. The second kappa shape index (κ2) is 13.6. The van der Waals surface area contributed by atoms with E-state index < -0.39 is 41.8 Å². The van der Waals surface area contributed by atoms with Crippen LogP contribution in [0.15, 0.2) is 67.1 Å². The van der Waals surface area contributed by atoms with Crippen LogP contribution in [0.25, 0.3) is 0 Å².